The quantitative estimate of drug-likeness (QED) is 0.912. The van der Waals surface area contributed by atoms with Crippen molar-refractivity contribution in [1.29, 1.82) is 0 Å². The maximum Gasteiger partial charge on any atom is 0.416 e. The molecule has 0 bridgehead atoms. The summed E-state index contributed by atoms with van der Waals surface area (Å²) in [5, 5.41) is 16.8. The third kappa shape index (κ3) is 4.28. The van der Waals surface area contributed by atoms with Crippen LogP contribution in [0.2, 0.25) is 0 Å². The van der Waals surface area contributed by atoms with Gasteiger partial charge in [0.1, 0.15) is 11.5 Å². The number of anilines is 1. The molecule has 1 saturated heterocycles. The molecule has 0 atom stereocenters. The Morgan fingerprint density at radius 1 is 1.24 bits per heavy atom. The fourth-order valence-electron chi connectivity index (χ4n) is 3.09. The Morgan fingerprint density at radius 2 is 1.96 bits per heavy atom. The Bertz CT molecular complexity index is 723. The molecule has 1 N–H and O–H groups in total. The van der Waals surface area contributed by atoms with Gasteiger partial charge < -0.3 is 10.0 Å². The van der Waals surface area contributed by atoms with Crippen molar-refractivity contribution in [3.8, 4) is 0 Å². The molecule has 0 radical (unpaired) electrons. The van der Waals surface area contributed by atoms with Crippen LogP contribution in [0, 0.1) is 12.8 Å². The Hall–Kier alpha value is -2.16. The minimum Gasteiger partial charge on any atom is -0.390 e. The summed E-state index contributed by atoms with van der Waals surface area (Å²) >= 11 is 0. The zero-order valence-electron chi connectivity index (χ0n) is 13.9. The van der Waals surface area contributed by atoms with Crippen LogP contribution in [0.25, 0.3) is 0 Å². The van der Waals surface area contributed by atoms with E-state index >= 15 is 0 Å². The predicted octanol–water partition coefficient (Wildman–Crippen LogP) is 2.41. The zero-order chi connectivity index (χ0) is 18.0. The number of aryl methyl sites for hydroxylation is 1. The van der Waals surface area contributed by atoms with E-state index in [9.17, 15) is 13.2 Å². The highest BCUT2D eigenvalue weighted by Crippen LogP contribution is 2.32. The molecule has 1 fully saturated rings. The number of pyridine rings is 1. The van der Waals surface area contributed by atoms with Crippen molar-refractivity contribution in [2.75, 3.05) is 18.0 Å². The molecule has 1 aliphatic rings. The molecule has 2 aromatic rings. The van der Waals surface area contributed by atoms with E-state index in [4.69, 9.17) is 5.11 Å². The van der Waals surface area contributed by atoms with Crippen LogP contribution in [-0.4, -0.2) is 38.2 Å². The second-order valence-corrected chi connectivity index (χ2v) is 6.37. The highest BCUT2D eigenvalue weighted by atomic mass is 19.4. The number of nitrogens with zero attached hydrogens (tertiary/aromatic N) is 5. The first-order valence-electron chi connectivity index (χ1n) is 8.16. The number of hydrogen-bond donors (Lipinski definition) is 1. The average Bonchev–Trinajstić information content (AvgIpc) is 3.02. The SMILES string of the molecule is Cc1cc(C(F)(F)F)cc(N2CCC(Cn3cc(CO)nn3)CC2)n1. The van der Waals surface area contributed by atoms with Crippen LogP contribution in [0.4, 0.5) is 19.0 Å². The number of aromatic nitrogens is 4. The Balaban J connectivity index is 1.63. The van der Waals surface area contributed by atoms with Crippen LogP contribution in [0.3, 0.4) is 0 Å². The Kier molecular flexibility index (Phi) is 4.94. The van der Waals surface area contributed by atoms with Crippen LogP contribution in [0.1, 0.15) is 29.8 Å². The van der Waals surface area contributed by atoms with E-state index in [0.717, 1.165) is 25.0 Å². The first kappa shape index (κ1) is 17.7. The van der Waals surface area contributed by atoms with E-state index < -0.39 is 11.7 Å². The van der Waals surface area contributed by atoms with Gasteiger partial charge in [-0.2, -0.15) is 13.2 Å². The summed E-state index contributed by atoms with van der Waals surface area (Å²) in [4.78, 5) is 6.17. The molecule has 2 aromatic heterocycles. The van der Waals surface area contributed by atoms with Gasteiger partial charge in [0.25, 0.3) is 0 Å². The molecule has 0 aromatic carbocycles. The van der Waals surface area contributed by atoms with Gasteiger partial charge in [0.15, 0.2) is 0 Å². The standard InChI is InChI=1S/C16H20F3N5O/c1-11-6-13(16(17,18)19)7-15(20-11)23-4-2-12(3-5-23)8-24-9-14(10-25)21-22-24/h6-7,9,12,25H,2-5,8,10H2,1H3. The number of aliphatic hydroxyl groups excluding tert-OH is 1. The predicted molar refractivity (Wildman–Crippen MR) is 84.9 cm³/mol. The number of alkyl halides is 3. The molecule has 3 heterocycles. The van der Waals surface area contributed by atoms with Crippen LogP contribution in [0.15, 0.2) is 18.3 Å². The normalized spacial score (nSPS) is 16.4. The van der Waals surface area contributed by atoms with Gasteiger partial charge in [-0.15, -0.1) is 5.10 Å². The summed E-state index contributed by atoms with van der Waals surface area (Å²) in [7, 11) is 0. The fraction of sp³-hybridized carbons (Fsp3) is 0.562. The molecule has 0 saturated carbocycles. The second-order valence-electron chi connectivity index (χ2n) is 6.37. The Labute approximate surface area is 143 Å². The highest BCUT2D eigenvalue weighted by Gasteiger charge is 2.32. The van der Waals surface area contributed by atoms with Crippen LogP contribution < -0.4 is 4.90 Å². The van der Waals surface area contributed by atoms with Crippen molar-refractivity contribution in [1.82, 2.24) is 20.0 Å². The molecule has 136 valence electrons. The number of aliphatic hydroxyl groups is 1. The number of rotatable bonds is 4. The van der Waals surface area contributed by atoms with Gasteiger partial charge in [0.2, 0.25) is 0 Å². The maximum absolute atomic E-state index is 13.0. The van der Waals surface area contributed by atoms with Gasteiger partial charge in [0.05, 0.1) is 18.4 Å². The van der Waals surface area contributed by atoms with Crippen molar-refractivity contribution in [2.45, 2.75) is 39.1 Å². The molecule has 3 rings (SSSR count). The van der Waals surface area contributed by atoms with Gasteiger partial charge in [-0.25, -0.2) is 4.98 Å². The van der Waals surface area contributed by atoms with Crippen molar-refractivity contribution in [3.63, 3.8) is 0 Å². The topological polar surface area (TPSA) is 67.1 Å². The van der Waals surface area contributed by atoms with E-state index in [1.165, 1.54) is 0 Å². The van der Waals surface area contributed by atoms with Crippen LogP contribution in [-0.2, 0) is 19.3 Å². The van der Waals surface area contributed by atoms with Crippen molar-refractivity contribution >= 4 is 5.82 Å². The number of halogens is 3. The van der Waals surface area contributed by atoms with Crippen molar-refractivity contribution < 1.29 is 18.3 Å². The molecule has 0 spiro atoms. The molecule has 0 aliphatic carbocycles. The zero-order valence-corrected chi connectivity index (χ0v) is 13.9. The van der Waals surface area contributed by atoms with Gasteiger partial charge in [-0.3, -0.25) is 4.68 Å². The number of piperidine rings is 1. The van der Waals surface area contributed by atoms with Crippen molar-refractivity contribution in [2.24, 2.45) is 5.92 Å². The summed E-state index contributed by atoms with van der Waals surface area (Å²) < 4.78 is 40.6. The van der Waals surface area contributed by atoms with E-state index in [-0.39, 0.29) is 6.61 Å². The lowest BCUT2D eigenvalue weighted by Gasteiger charge is -2.33. The lowest BCUT2D eigenvalue weighted by Crippen LogP contribution is -2.35. The molecule has 1 aliphatic heterocycles. The maximum atomic E-state index is 13.0. The average molecular weight is 355 g/mol. The lowest BCUT2D eigenvalue weighted by atomic mass is 9.96. The molecule has 9 heteroatoms. The smallest absolute Gasteiger partial charge is 0.390 e. The van der Waals surface area contributed by atoms with E-state index in [2.05, 4.69) is 15.3 Å². The molecular formula is C16H20F3N5O. The molecule has 0 amide bonds. The molecule has 0 unspecified atom stereocenters. The molecule has 25 heavy (non-hydrogen) atoms. The summed E-state index contributed by atoms with van der Waals surface area (Å²) in [6, 6.07) is 2.19. The largest absolute Gasteiger partial charge is 0.416 e. The van der Waals surface area contributed by atoms with E-state index in [1.54, 1.807) is 17.8 Å². The monoisotopic (exact) mass is 355 g/mol. The van der Waals surface area contributed by atoms with Crippen LogP contribution >= 0.6 is 0 Å². The second kappa shape index (κ2) is 6.99. The Morgan fingerprint density at radius 3 is 2.56 bits per heavy atom. The minimum absolute atomic E-state index is 0.140. The lowest BCUT2D eigenvalue weighted by molar-refractivity contribution is -0.137. The van der Waals surface area contributed by atoms with Crippen molar-refractivity contribution in [3.05, 3.63) is 35.3 Å². The summed E-state index contributed by atoms with van der Waals surface area (Å²) in [5.41, 5.74) is 0.239. The highest BCUT2D eigenvalue weighted by molar-refractivity contribution is 5.44. The summed E-state index contributed by atoms with van der Waals surface area (Å²) in [5.74, 6) is 0.755. The van der Waals surface area contributed by atoms with Crippen LogP contribution in [0.5, 0.6) is 0 Å². The fourth-order valence-corrected chi connectivity index (χ4v) is 3.09. The first-order chi connectivity index (χ1) is 11.8. The third-order valence-electron chi connectivity index (χ3n) is 4.40. The first-order valence-corrected chi connectivity index (χ1v) is 8.16. The summed E-state index contributed by atoms with van der Waals surface area (Å²) in [6.45, 7) is 3.43. The van der Waals surface area contributed by atoms with Gasteiger partial charge in [-0.1, -0.05) is 5.21 Å². The van der Waals surface area contributed by atoms with Gasteiger partial charge >= 0.3 is 6.18 Å². The third-order valence-corrected chi connectivity index (χ3v) is 4.40. The van der Waals surface area contributed by atoms with Gasteiger partial charge in [0, 0.05) is 25.3 Å². The molecular weight excluding hydrogens is 335 g/mol. The summed E-state index contributed by atoms with van der Waals surface area (Å²) in [6.07, 6.45) is -0.973. The number of hydrogen-bond acceptors (Lipinski definition) is 5. The molecule has 6 nitrogen and oxygen atoms in total. The minimum atomic E-state index is -4.36. The van der Waals surface area contributed by atoms with E-state index in [1.807, 2.05) is 4.90 Å². The van der Waals surface area contributed by atoms with E-state index in [0.29, 0.717) is 42.8 Å². The van der Waals surface area contributed by atoms with Gasteiger partial charge in [-0.05, 0) is 37.8 Å².